The number of benzene rings is 1. The maximum Gasteiger partial charge on any atom is 0.175 e. The van der Waals surface area contributed by atoms with E-state index in [1.54, 1.807) is 6.07 Å². The summed E-state index contributed by atoms with van der Waals surface area (Å²) in [6, 6.07) is 5.69. The highest BCUT2D eigenvalue weighted by Gasteiger charge is 2.12. The van der Waals surface area contributed by atoms with Crippen molar-refractivity contribution in [2.75, 3.05) is 6.26 Å². The van der Waals surface area contributed by atoms with Gasteiger partial charge < -0.3 is 0 Å². The van der Waals surface area contributed by atoms with Gasteiger partial charge in [0.25, 0.3) is 0 Å². The second kappa shape index (κ2) is 4.13. The normalized spacial score (nSPS) is 11.6. The molecule has 0 aromatic heterocycles. The summed E-state index contributed by atoms with van der Waals surface area (Å²) in [5.74, 6) is 0. The van der Waals surface area contributed by atoms with Crippen LogP contribution >= 0.6 is 0 Å². The Kier molecular flexibility index (Phi) is 3.32. The van der Waals surface area contributed by atoms with Crippen molar-refractivity contribution in [3.63, 3.8) is 0 Å². The second-order valence-electron chi connectivity index (χ2n) is 3.42. The van der Waals surface area contributed by atoms with Gasteiger partial charge in [0.15, 0.2) is 9.84 Å². The van der Waals surface area contributed by atoms with Crippen LogP contribution in [0.25, 0.3) is 0 Å². The van der Waals surface area contributed by atoms with Crippen molar-refractivity contribution < 1.29 is 8.42 Å². The zero-order valence-electron chi connectivity index (χ0n) is 8.87. The minimum atomic E-state index is -3.08. The Morgan fingerprint density at radius 2 is 1.79 bits per heavy atom. The van der Waals surface area contributed by atoms with Gasteiger partial charge in [0.05, 0.1) is 4.90 Å². The summed E-state index contributed by atoms with van der Waals surface area (Å²) in [4.78, 5) is 0.486. The van der Waals surface area contributed by atoms with Gasteiger partial charge in [-0.2, -0.15) is 0 Å². The third-order valence-corrected chi connectivity index (χ3v) is 3.50. The Morgan fingerprint density at radius 3 is 2.21 bits per heavy atom. The van der Waals surface area contributed by atoms with Crippen molar-refractivity contribution in [1.82, 2.24) is 0 Å². The Bertz CT molecular complexity index is 419. The first-order valence-corrected chi connectivity index (χ1v) is 6.70. The van der Waals surface area contributed by atoms with Crippen LogP contribution in [0.5, 0.6) is 0 Å². The lowest BCUT2D eigenvalue weighted by molar-refractivity contribution is 0.600. The lowest BCUT2D eigenvalue weighted by atomic mass is 10.1. The average molecular weight is 212 g/mol. The highest BCUT2D eigenvalue weighted by molar-refractivity contribution is 7.90. The van der Waals surface area contributed by atoms with Crippen LogP contribution < -0.4 is 0 Å². The van der Waals surface area contributed by atoms with E-state index in [-0.39, 0.29) is 0 Å². The molecule has 0 saturated carbocycles. The van der Waals surface area contributed by atoms with E-state index in [1.165, 1.54) is 6.26 Å². The zero-order chi connectivity index (χ0) is 10.8. The number of hydrogen-bond donors (Lipinski definition) is 0. The SMILES string of the molecule is CCc1ccc(CC)c(S(C)(=O)=O)c1. The molecule has 0 aliphatic rings. The second-order valence-corrected chi connectivity index (χ2v) is 5.41. The van der Waals surface area contributed by atoms with Crippen LogP contribution in [0, 0.1) is 0 Å². The van der Waals surface area contributed by atoms with Crippen LogP contribution in [0.4, 0.5) is 0 Å². The summed E-state index contributed by atoms with van der Waals surface area (Å²) in [5, 5.41) is 0. The van der Waals surface area contributed by atoms with Crippen LogP contribution in [0.1, 0.15) is 25.0 Å². The zero-order valence-corrected chi connectivity index (χ0v) is 9.69. The van der Waals surface area contributed by atoms with Gasteiger partial charge in [0.1, 0.15) is 0 Å². The van der Waals surface area contributed by atoms with Gasteiger partial charge >= 0.3 is 0 Å². The van der Waals surface area contributed by atoms with Crippen molar-refractivity contribution in [2.45, 2.75) is 31.6 Å². The molecule has 0 amide bonds. The Hall–Kier alpha value is -0.830. The maximum atomic E-state index is 11.5. The molecule has 0 atom stereocenters. The molecule has 0 aliphatic carbocycles. The van der Waals surface area contributed by atoms with Crippen molar-refractivity contribution in [1.29, 1.82) is 0 Å². The van der Waals surface area contributed by atoms with Crippen LogP contribution in [0.3, 0.4) is 0 Å². The fourth-order valence-corrected chi connectivity index (χ4v) is 2.51. The van der Waals surface area contributed by atoms with Crippen LogP contribution in [-0.4, -0.2) is 14.7 Å². The van der Waals surface area contributed by atoms with Crippen LogP contribution in [0.15, 0.2) is 23.1 Å². The molecular formula is C11H16O2S. The fourth-order valence-electron chi connectivity index (χ4n) is 1.46. The molecule has 1 rings (SSSR count). The topological polar surface area (TPSA) is 34.1 Å². The van der Waals surface area contributed by atoms with Crippen LogP contribution in [-0.2, 0) is 22.7 Å². The van der Waals surface area contributed by atoms with Crippen molar-refractivity contribution >= 4 is 9.84 Å². The molecule has 0 saturated heterocycles. The molecule has 78 valence electrons. The molecule has 0 heterocycles. The summed E-state index contributed by atoms with van der Waals surface area (Å²) < 4.78 is 23.0. The number of rotatable bonds is 3. The van der Waals surface area contributed by atoms with Crippen molar-refractivity contribution in [3.05, 3.63) is 29.3 Å². The fraction of sp³-hybridized carbons (Fsp3) is 0.455. The highest BCUT2D eigenvalue weighted by atomic mass is 32.2. The maximum absolute atomic E-state index is 11.5. The van der Waals surface area contributed by atoms with Crippen molar-refractivity contribution in [2.24, 2.45) is 0 Å². The monoisotopic (exact) mass is 212 g/mol. The van der Waals surface area contributed by atoms with Crippen molar-refractivity contribution in [3.8, 4) is 0 Å². The first-order valence-electron chi connectivity index (χ1n) is 4.81. The first kappa shape index (κ1) is 11.2. The number of aryl methyl sites for hydroxylation is 2. The van der Waals surface area contributed by atoms with Gasteiger partial charge in [-0.3, -0.25) is 0 Å². The molecule has 0 aliphatic heterocycles. The third-order valence-electron chi connectivity index (χ3n) is 2.32. The largest absolute Gasteiger partial charge is 0.224 e. The molecule has 1 aromatic carbocycles. The van der Waals surface area contributed by atoms with Gasteiger partial charge in [-0.1, -0.05) is 26.0 Å². The summed E-state index contributed by atoms with van der Waals surface area (Å²) in [7, 11) is -3.08. The van der Waals surface area contributed by atoms with E-state index >= 15 is 0 Å². The van der Waals surface area contributed by atoms with Gasteiger partial charge in [0, 0.05) is 6.26 Å². The minimum Gasteiger partial charge on any atom is -0.224 e. The smallest absolute Gasteiger partial charge is 0.175 e. The van der Waals surface area contributed by atoms with Crippen LogP contribution in [0.2, 0.25) is 0 Å². The summed E-state index contributed by atoms with van der Waals surface area (Å²) in [6.07, 6.45) is 2.89. The van der Waals surface area contributed by atoms with E-state index in [9.17, 15) is 8.42 Å². The van der Waals surface area contributed by atoms with E-state index in [2.05, 4.69) is 0 Å². The predicted octanol–water partition coefficient (Wildman–Crippen LogP) is 2.21. The molecule has 1 aromatic rings. The quantitative estimate of drug-likeness (QED) is 0.770. The highest BCUT2D eigenvalue weighted by Crippen LogP contribution is 2.18. The average Bonchev–Trinajstić information content (AvgIpc) is 2.15. The Labute approximate surface area is 85.9 Å². The number of hydrogen-bond acceptors (Lipinski definition) is 2. The number of sulfone groups is 1. The van der Waals surface area contributed by atoms with E-state index in [0.29, 0.717) is 4.90 Å². The third kappa shape index (κ3) is 2.35. The van der Waals surface area contributed by atoms with E-state index in [0.717, 1.165) is 24.0 Å². The molecule has 2 nitrogen and oxygen atoms in total. The minimum absolute atomic E-state index is 0.486. The predicted molar refractivity (Wildman–Crippen MR) is 58.3 cm³/mol. The first-order chi connectivity index (χ1) is 6.49. The van der Waals surface area contributed by atoms with Gasteiger partial charge in [-0.25, -0.2) is 8.42 Å². The summed E-state index contributed by atoms with van der Waals surface area (Å²) in [5.41, 5.74) is 1.98. The molecule has 3 heteroatoms. The van der Waals surface area contributed by atoms with Gasteiger partial charge in [-0.15, -0.1) is 0 Å². The van der Waals surface area contributed by atoms with Gasteiger partial charge in [0.2, 0.25) is 0 Å². The van der Waals surface area contributed by atoms with Gasteiger partial charge in [-0.05, 0) is 30.0 Å². The summed E-state index contributed by atoms with van der Waals surface area (Å²) >= 11 is 0. The van der Waals surface area contributed by atoms with E-state index < -0.39 is 9.84 Å². The lowest BCUT2D eigenvalue weighted by Crippen LogP contribution is -2.02. The molecule has 0 fully saturated rings. The molecule has 0 bridgehead atoms. The lowest BCUT2D eigenvalue weighted by Gasteiger charge is -2.07. The molecule has 0 radical (unpaired) electrons. The summed E-state index contributed by atoms with van der Waals surface area (Å²) in [6.45, 7) is 3.99. The standard InChI is InChI=1S/C11H16O2S/c1-4-9-6-7-10(5-2)11(8-9)14(3,12)13/h6-8H,4-5H2,1-3H3. The Morgan fingerprint density at radius 1 is 1.14 bits per heavy atom. The van der Waals surface area contributed by atoms with E-state index in [4.69, 9.17) is 0 Å². The Balaban J connectivity index is 3.37. The molecule has 0 N–H and O–H groups in total. The molecule has 0 spiro atoms. The van der Waals surface area contributed by atoms with E-state index in [1.807, 2.05) is 26.0 Å². The molecule has 0 unspecified atom stereocenters. The molecular weight excluding hydrogens is 196 g/mol. The molecule has 14 heavy (non-hydrogen) atoms.